The van der Waals surface area contributed by atoms with Crippen molar-refractivity contribution in [3.63, 3.8) is 0 Å². The van der Waals surface area contributed by atoms with E-state index < -0.39 is 5.97 Å². The summed E-state index contributed by atoms with van der Waals surface area (Å²) in [7, 11) is 0. The number of thioether (sulfide) groups is 1. The van der Waals surface area contributed by atoms with Gasteiger partial charge in [0.05, 0.1) is 5.56 Å². The van der Waals surface area contributed by atoms with E-state index in [-0.39, 0.29) is 0 Å². The van der Waals surface area contributed by atoms with E-state index in [0.717, 1.165) is 42.7 Å². The van der Waals surface area contributed by atoms with Crippen LogP contribution in [0.25, 0.3) is 0 Å². The van der Waals surface area contributed by atoms with Crippen molar-refractivity contribution in [1.29, 1.82) is 0 Å². The minimum Gasteiger partial charge on any atom is -0.478 e. The molecule has 3 nitrogen and oxygen atoms in total. The van der Waals surface area contributed by atoms with Crippen LogP contribution in [0.4, 0.5) is 0 Å². The fourth-order valence-corrected chi connectivity index (χ4v) is 3.05. The number of hydrogen-bond acceptors (Lipinski definition) is 3. The molecule has 104 valence electrons. The molecule has 0 aliphatic heterocycles. The Kier molecular flexibility index (Phi) is 6.64. The van der Waals surface area contributed by atoms with Crippen molar-refractivity contribution in [2.24, 2.45) is 0 Å². The van der Waals surface area contributed by atoms with Crippen LogP contribution in [0.5, 0.6) is 0 Å². The topological polar surface area (TPSA) is 50.2 Å². The quantitative estimate of drug-likeness (QED) is 0.439. The molecule has 0 atom stereocenters. The van der Waals surface area contributed by atoms with Crippen LogP contribution in [0, 0.1) is 13.8 Å². The third-order valence-corrected chi connectivity index (χ3v) is 3.88. The number of rotatable bonds is 8. The van der Waals surface area contributed by atoms with Crippen molar-refractivity contribution >= 4 is 17.7 Å². The number of carboxylic acids is 1. The van der Waals surface area contributed by atoms with E-state index in [4.69, 9.17) is 0 Å². The van der Waals surface area contributed by atoms with Gasteiger partial charge in [-0.25, -0.2) is 9.78 Å². The molecule has 0 spiro atoms. The maximum absolute atomic E-state index is 11.3. The minimum absolute atomic E-state index is 0.349. The van der Waals surface area contributed by atoms with E-state index in [1.165, 1.54) is 0 Å². The lowest BCUT2D eigenvalue weighted by Crippen LogP contribution is -2.05. The summed E-state index contributed by atoms with van der Waals surface area (Å²) < 4.78 is 0. The lowest BCUT2D eigenvalue weighted by molar-refractivity contribution is 0.0691. The van der Waals surface area contributed by atoms with Crippen molar-refractivity contribution in [2.45, 2.75) is 44.6 Å². The molecule has 0 aromatic carbocycles. The molecule has 0 aliphatic carbocycles. The van der Waals surface area contributed by atoms with Crippen LogP contribution in [0.15, 0.2) is 23.7 Å². The van der Waals surface area contributed by atoms with Gasteiger partial charge >= 0.3 is 5.97 Å². The fraction of sp³-hybridized carbons (Fsp3) is 0.467. The van der Waals surface area contributed by atoms with Gasteiger partial charge in [0.2, 0.25) is 0 Å². The number of carboxylic acid groups (broad SMARTS) is 1. The Morgan fingerprint density at radius 3 is 2.79 bits per heavy atom. The van der Waals surface area contributed by atoms with Gasteiger partial charge in [0.25, 0.3) is 0 Å². The third-order valence-electron chi connectivity index (χ3n) is 2.82. The molecule has 1 rings (SSSR count). The molecule has 1 aromatic heterocycles. The van der Waals surface area contributed by atoms with Crippen molar-refractivity contribution < 1.29 is 9.90 Å². The summed E-state index contributed by atoms with van der Waals surface area (Å²) in [5, 5.41) is 9.89. The molecule has 0 unspecified atom stereocenters. The molecule has 1 heterocycles. The highest BCUT2D eigenvalue weighted by Crippen LogP contribution is 2.25. The second kappa shape index (κ2) is 8.00. The van der Waals surface area contributed by atoms with Gasteiger partial charge < -0.3 is 5.11 Å². The number of aryl methyl sites for hydroxylation is 2. The summed E-state index contributed by atoms with van der Waals surface area (Å²) in [6.45, 7) is 7.42. The van der Waals surface area contributed by atoms with E-state index in [0.29, 0.717) is 10.6 Å². The highest BCUT2D eigenvalue weighted by molar-refractivity contribution is 7.99. The molecule has 0 amide bonds. The van der Waals surface area contributed by atoms with Crippen LogP contribution >= 0.6 is 11.8 Å². The molecule has 0 saturated heterocycles. The van der Waals surface area contributed by atoms with Crippen molar-refractivity contribution in [3.8, 4) is 0 Å². The van der Waals surface area contributed by atoms with Crippen LogP contribution in [-0.2, 0) is 0 Å². The summed E-state index contributed by atoms with van der Waals surface area (Å²) in [5.41, 5.74) is 2.01. The molecule has 19 heavy (non-hydrogen) atoms. The molecule has 1 aromatic rings. The van der Waals surface area contributed by atoms with Gasteiger partial charge in [-0.1, -0.05) is 12.5 Å². The number of unbranched alkanes of at least 4 members (excludes halogenated alkanes) is 3. The van der Waals surface area contributed by atoms with Crippen molar-refractivity contribution in [2.75, 3.05) is 5.75 Å². The number of nitrogens with zero attached hydrogens (tertiary/aromatic N) is 1. The molecule has 0 saturated carbocycles. The first-order chi connectivity index (χ1) is 9.06. The molecule has 0 radical (unpaired) electrons. The van der Waals surface area contributed by atoms with E-state index in [1.807, 2.05) is 26.0 Å². The molecule has 0 aliphatic rings. The smallest absolute Gasteiger partial charge is 0.338 e. The van der Waals surface area contributed by atoms with E-state index in [9.17, 15) is 9.90 Å². The van der Waals surface area contributed by atoms with Gasteiger partial charge in [-0.05, 0) is 50.5 Å². The van der Waals surface area contributed by atoms with Gasteiger partial charge in [-0.2, -0.15) is 0 Å². The fourth-order valence-electron chi connectivity index (χ4n) is 1.90. The van der Waals surface area contributed by atoms with Gasteiger partial charge in [0.1, 0.15) is 5.03 Å². The van der Waals surface area contributed by atoms with Gasteiger partial charge in [0.15, 0.2) is 0 Å². The van der Waals surface area contributed by atoms with Gasteiger partial charge in [0, 0.05) is 5.69 Å². The minimum atomic E-state index is -0.890. The first-order valence-corrected chi connectivity index (χ1v) is 7.50. The van der Waals surface area contributed by atoms with E-state index >= 15 is 0 Å². The Labute approximate surface area is 119 Å². The zero-order chi connectivity index (χ0) is 14.3. The molecule has 1 N–H and O–H groups in total. The van der Waals surface area contributed by atoms with Crippen molar-refractivity contribution in [1.82, 2.24) is 4.98 Å². The van der Waals surface area contributed by atoms with Crippen LogP contribution in [0.2, 0.25) is 0 Å². The predicted octanol–water partition coefficient (Wildman–Crippen LogP) is 4.24. The van der Waals surface area contributed by atoms with Crippen LogP contribution in [0.1, 0.15) is 47.3 Å². The number of aromatic nitrogens is 1. The Morgan fingerprint density at radius 1 is 1.42 bits per heavy atom. The lowest BCUT2D eigenvalue weighted by Gasteiger charge is -2.09. The summed E-state index contributed by atoms with van der Waals surface area (Å²) in [6, 6.07) is 1.82. The zero-order valence-electron chi connectivity index (χ0n) is 11.6. The molecule has 0 fully saturated rings. The average molecular weight is 279 g/mol. The summed E-state index contributed by atoms with van der Waals surface area (Å²) in [5.74, 6) is 0.0204. The molecular formula is C15H21NO2S. The SMILES string of the molecule is C=CCCCCCSc1nc(C)cc(C)c1C(=O)O. The number of aromatic carboxylic acids is 1. The molecular weight excluding hydrogens is 258 g/mol. The number of carbonyl (C=O) groups is 1. The second-order valence-electron chi connectivity index (χ2n) is 4.55. The lowest BCUT2D eigenvalue weighted by atomic mass is 10.1. The average Bonchev–Trinajstić information content (AvgIpc) is 2.32. The first kappa shape index (κ1) is 15.8. The van der Waals surface area contributed by atoms with Crippen LogP contribution in [0.3, 0.4) is 0 Å². The van der Waals surface area contributed by atoms with E-state index in [2.05, 4.69) is 11.6 Å². The normalized spacial score (nSPS) is 10.4. The predicted molar refractivity (Wildman–Crippen MR) is 80.1 cm³/mol. The second-order valence-corrected chi connectivity index (χ2v) is 5.64. The number of hydrogen-bond donors (Lipinski definition) is 1. The highest BCUT2D eigenvalue weighted by atomic mass is 32.2. The number of pyridine rings is 1. The molecule has 4 heteroatoms. The first-order valence-electron chi connectivity index (χ1n) is 6.51. The van der Waals surface area contributed by atoms with Gasteiger partial charge in [-0.3, -0.25) is 0 Å². The largest absolute Gasteiger partial charge is 0.478 e. The maximum Gasteiger partial charge on any atom is 0.338 e. The Balaban J connectivity index is 2.62. The van der Waals surface area contributed by atoms with Crippen LogP contribution < -0.4 is 0 Å². The van der Waals surface area contributed by atoms with Crippen molar-refractivity contribution in [3.05, 3.63) is 35.5 Å². The standard InChI is InChI=1S/C15H21NO2S/c1-4-5-6-7-8-9-19-14-13(15(17)18)11(2)10-12(3)16-14/h4,10H,1,5-9H2,2-3H3,(H,17,18). The monoisotopic (exact) mass is 279 g/mol. The van der Waals surface area contributed by atoms with Gasteiger partial charge in [-0.15, -0.1) is 18.3 Å². The summed E-state index contributed by atoms with van der Waals surface area (Å²) in [6.07, 6.45) is 6.35. The van der Waals surface area contributed by atoms with Crippen LogP contribution in [-0.4, -0.2) is 21.8 Å². The summed E-state index contributed by atoms with van der Waals surface area (Å²) >= 11 is 1.54. The highest BCUT2D eigenvalue weighted by Gasteiger charge is 2.15. The Morgan fingerprint density at radius 2 is 2.16 bits per heavy atom. The summed E-state index contributed by atoms with van der Waals surface area (Å²) in [4.78, 5) is 15.6. The number of allylic oxidation sites excluding steroid dienone is 1. The molecule has 0 bridgehead atoms. The Bertz CT molecular complexity index is 458. The third kappa shape index (κ3) is 5.07. The Hall–Kier alpha value is -1.29. The maximum atomic E-state index is 11.3. The zero-order valence-corrected chi connectivity index (χ0v) is 12.4. The van der Waals surface area contributed by atoms with E-state index in [1.54, 1.807) is 11.8 Å².